The molecule has 2 N–H and O–H groups in total. The SMILES string of the molecule is O=c1[nH]cc(CO)c(C(F)F)c1OC(F)(F)F. The highest BCUT2D eigenvalue weighted by Crippen LogP contribution is 2.32. The molecule has 96 valence electrons. The average Bonchev–Trinajstić information content (AvgIpc) is 2.18. The summed E-state index contributed by atoms with van der Waals surface area (Å²) in [6, 6.07) is 0. The van der Waals surface area contributed by atoms with E-state index in [2.05, 4.69) is 4.74 Å². The third kappa shape index (κ3) is 3.16. The maximum atomic E-state index is 12.5. The zero-order chi connectivity index (χ0) is 13.2. The summed E-state index contributed by atoms with van der Waals surface area (Å²) in [7, 11) is 0. The van der Waals surface area contributed by atoms with E-state index in [-0.39, 0.29) is 0 Å². The Morgan fingerprint density at radius 3 is 2.41 bits per heavy atom. The second-order valence-corrected chi connectivity index (χ2v) is 2.89. The van der Waals surface area contributed by atoms with E-state index < -0.39 is 41.8 Å². The molecule has 0 radical (unpaired) electrons. The van der Waals surface area contributed by atoms with E-state index >= 15 is 0 Å². The van der Waals surface area contributed by atoms with Crippen LogP contribution in [0.5, 0.6) is 5.75 Å². The van der Waals surface area contributed by atoms with Crippen LogP contribution in [0.3, 0.4) is 0 Å². The fraction of sp³-hybridized carbons (Fsp3) is 0.375. The van der Waals surface area contributed by atoms with Crippen LogP contribution >= 0.6 is 0 Å². The zero-order valence-electron chi connectivity index (χ0n) is 8.02. The maximum absolute atomic E-state index is 12.5. The van der Waals surface area contributed by atoms with E-state index in [1.54, 1.807) is 4.98 Å². The monoisotopic (exact) mass is 259 g/mol. The normalized spacial score (nSPS) is 11.9. The number of aliphatic hydroxyl groups excluding tert-OH is 1. The first-order chi connectivity index (χ1) is 7.76. The molecule has 0 saturated heterocycles. The Kier molecular flexibility index (Phi) is 3.71. The Morgan fingerprint density at radius 1 is 1.41 bits per heavy atom. The van der Waals surface area contributed by atoms with Crippen molar-refractivity contribution in [2.75, 3.05) is 0 Å². The summed E-state index contributed by atoms with van der Waals surface area (Å²) in [6.45, 7) is -0.954. The summed E-state index contributed by atoms with van der Waals surface area (Å²) in [5.41, 5.74) is -3.26. The van der Waals surface area contributed by atoms with Gasteiger partial charge in [0.2, 0.25) is 5.75 Å². The number of H-pyrrole nitrogens is 1. The Morgan fingerprint density at radius 2 is 2.00 bits per heavy atom. The molecule has 0 aromatic carbocycles. The Balaban J connectivity index is 3.39. The third-order valence-corrected chi connectivity index (χ3v) is 1.78. The van der Waals surface area contributed by atoms with Crippen molar-refractivity contribution in [1.29, 1.82) is 0 Å². The van der Waals surface area contributed by atoms with Crippen molar-refractivity contribution >= 4 is 0 Å². The predicted molar refractivity (Wildman–Crippen MR) is 44.6 cm³/mol. The van der Waals surface area contributed by atoms with Crippen LogP contribution < -0.4 is 10.3 Å². The predicted octanol–water partition coefficient (Wildman–Crippen LogP) is 1.70. The van der Waals surface area contributed by atoms with Crippen molar-refractivity contribution < 1.29 is 31.8 Å². The minimum absolute atomic E-state index is 0.543. The number of halogens is 5. The molecule has 0 atom stereocenters. The number of hydrogen-bond acceptors (Lipinski definition) is 3. The van der Waals surface area contributed by atoms with E-state index in [4.69, 9.17) is 5.11 Å². The second kappa shape index (κ2) is 4.70. The molecule has 1 aromatic heterocycles. The van der Waals surface area contributed by atoms with Crippen molar-refractivity contribution in [2.45, 2.75) is 19.4 Å². The van der Waals surface area contributed by atoms with Gasteiger partial charge in [0.1, 0.15) is 0 Å². The van der Waals surface area contributed by atoms with Gasteiger partial charge in [0, 0.05) is 11.8 Å². The molecule has 4 nitrogen and oxygen atoms in total. The van der Waals surface area contributed by atoms with Crippen LogP contribution in [0, 0.1) is 0 Å². The fourth-order valence-corrected chi connectivity index (χ4v) is 1.15. The van der Waals surface area contributed by atoms with Gasteiger partial charge in [-0.3, -0.25) is 4.79 Å². The number of aromatic amines is 1. The van der Waals surface area contributed by atoms with Crippen LogP contribution in [-0.2, 0) is 6.61 Å². The number of hydrogen-bond donors (Lipinski definition) is 2. The van der Waals surface area contributed by atoms with Gasteiger partial charge in [-0.15, -0.1) is 13.2 Å². The van der Waals surface area contributed by atoms with Crippen LogP contribution in [0.25, 0.3) is 0 Å². The van der Waals surface area contributed by atoms with E-state index in [1.165, 1.54) is 0 Å². The van der Waals surface area contributed by atoms with Gasteiger partial charge < -0.3 is 14.8 Å². The van der Waals surface area contributed by atoms with Crippen LogP contribution in [0.2, 0.25) is 0 Å². The summed E-state index contributed by atoms with van der Waals surface area (Å²) in [5, 5.41) is 8.69. The highest BCUT2D eigenvalue weighted by Gasteiger charge is 2.35. The minimum Gasteiger partial charge on any atom is -0.399 e. The lowest BCUT2D eigenvalue weighted by molar-refractivity contribution is -0.275. The molecule has 0 saturated carbocycles. The average molecular weight is 259 g/mol. The lowest BCUT2D eigenvalue weighted by atomic mass is 10.1. The first-order valence-electron chi connectivity index (χ1n) is 4.15. The molecule has 0 amide bonds. The molecule has 1 rings (SSSR count). The first-order valence-corrected chi connectivity index (χ1v) is 4.15. The fourth-order valence-electron chi connectivity index (χ4n) is 1.15. The maximum Gasteiger partial charge on any atom is 0.573 e. The van der Waals surface area contributed by atoms with Crippen LogP contribution in [0.15, 0.2) is 11.0 Å². The van der Waals surface area contributed by atoms with Crippen LogP contribution in [0.1, 0.15) is 17.6 Å². The van der Waals surface area contributed by atoms with Gasteiger partial charge >= 0.3 is 6.36 Å². The highest BCUT2D eigenvalue weighted by atomic mass is 19.4. The number of aliphatic hydroxyl groups is 1. The van der Waals surface area contributed by atoms with Crippen LogP contribution in [-0.4, -0.2) is 16.5 Å². The molecule has 0 aliphatic heterocycles. The molecule has 0 spiro atoms. The summed E-state index contributed by atoms with van der Waals surface area (Å²) >= 11 is 0. The molecule has 1 heterocycles. The van der Waals surface area contributed by atoms with E-state index in [0.29, 0.717) is 6.20 Å². The smallest absolute Gasteiger partial charge is 0.399 e. The molecule has 0 unspecified atom stereocenters. The van der Waals surface area contributed by atoms with Gasteiger partial charge in [-0.05, 0) is 0 Å². The summed E-state index contributed by atoms with van der Waals surface area (Å²) in [4.78, 5) is 12.8. The molecule has 0 aliphatic carbocycles. The Labute approximate surface area is 90.6 Å². The van der Waals surface area contributed by atoms with Crippen molar-refractivity contribution in [1.82, 2.24) is 4.98 Å². The van der Waals surface area contributed by atoms with Gasteiger partial charge in [-0.25, -0.2) is 8.78 Å². The lowest BCUT2D eigenvalue weighted by Gasteiger charge is -2.14. The van der Waals surface area contributed by atoms with Crippen molar-refractivity contribution in [2.24, 2.45) is 0 Å². The van der Waals surface area contributed by atoms with E-state index in [9.17, 15) is 26.7 Å². The van der Waals surface area contributed by atoms with E-state index in [0.717, 1.165) is 0 Å². The van der Waals surface area contributed by atoms with Gasteiger partial charge in [0.15, 0.2) is 0 Å². The molecule has 0 bridgehead atoms. The Hall–Kier alpha value is -1.64. The minimum atomic E-state index is -5.27. The molecular formula is C8H6F5NO3. The van der Waals surface area contributed by atoms with Crippen LogP contribution in [0.4, 0.5) is 22.0 Å². The number of pyridine rings is 1. The summed E-state index contributed by atoms with van der Waals surface area (Å²) in [6.07, 6.45) is -7.95. The molecule has 1 aromatic rings. The number of rotatable bonds is 3. The molecular weight excluding hydrogens is 253 g/mol. The largest absolute Gasteiger partial charge is 0.573 e. The topological polar surface area (TPSA) is 62.3 Å². The van der Waals surface area contributed by atoms with Gasteiger partial charge in [0.05, 0.1) is 12.2 Å². The van der Waals surface area contributed by atoms with Crippen molar-refractivity contribution in [3.8, 4) is 5.75 Å². The lowest BCUT2D eigenvalue weighted by Crippen LogP contribution is -2.25. The number of alkyl halides is 5. The standard InChI is InChI=1S/C8H6F5NO3/c9-6(10)4-3(2-15)1-14-7(16)5(4)17-8(11,12)13/h1,6,15H,2H2,(H,14,16). The quantitative estimate of drug-likeness (QED) is 0.812. The number of nitrogens with one attached hydrogen (secondary N) is 1. The van der Waals surface area contributed by atoms with E-state index in [1.807, 2.05) is 0 Å². The second-order valence-electron chi connectivity index (χ2n) is 2.89. The van der Waals surface area contributed by atoms with Crippen molar-refractivity contribution in [3.05, 3.63) is 27.7 Å². The van der Waals surface area contributed by atoms with Gasteiger partial charge in [-0.1, -0.05) is 0 Å². The molecule has 17 heavy (non-hydrogen) atoms. The van der Waals surface area contributed by atoms with Gasteiger partial charge in [-0.2, -0.15) is 0 Å². The summed E-state index contributed by atoms with van der Waals surface area (Å²) < 4.78 is 64.0. The van der Waals surface area contributed by atoms with Crippen molar-refractivity contribution in [3.63, 3.8) is 0 Å². The summed E-state index contributed by atoms with van der Waals surface area (Å²) in [5.74, 6) is -1.56. The molecule has 0 aliphatic rings. The molecule has 0 fully saturated rings. The highest BCUT2D eigenvalue weighted by molar-refractivity contribution is 5.38. The van der Waals surface area contributed by atoms with Gasteiger partial charge in [0.25, 0.3) is 12.0 Å². The third-order valence-electron chi connectivity index (χ3n) is 1.78. The number of aromatic nitrogens is 1. The number of ether oxygens (including phenoxy) is 1. The molecule has 9 heteroatoms. The first kappa shape index (κ1) is 13.4. The zero-order valence-corrected chi connectivity index (χ0v) is 8.02. The Bertz CT molecular complexity index is 453.